The summed E-state index contributed by atoms with van der Waals surface area (Å²) in [6, 6.07) is 11.7. The van der Waals surface area contributed by atoms with Crippen molar-refractivity contribution in [2.45, 2.75) is 37.5 Å². The predicted octanol–water partition coefficient (Wildman–Crippen LogP) is 5.07. The minimum atomic E-state index is -0.480. The molecule has 0 spiro atoms. The van der Waals surface area contributed by atoms with Gasteiger partial charge in [0.1, 0.15) is 22.3 Å². The second kappa shape index (κ2) is 11.0. The quantitative estimate of drug-likeness (QED) is 0.203. The van der Waals surface area contributed by atoms with Gasteiger partial charge in [0.15, 0.2) is 5.13 Å². The Morgan fingerprint density at radius 2 is 1.97 bits per heavy atom. The summed E-state index contributed by atoms with van der Waals surface area (Å²) >= 11 is 2.47. The van der Waals surface area contributed by atoms with Crippen LogP contribution in [0.2, 0.25) is 0 Å². The number of hydrogen-bond donors (Lipinski definition) is 1. The molecule has 0 radical (unpaired) electrons. The molecule has 1 amide bonds. The summed E-state index contributed by atoms with van der Waals surface area (Å²) in [6.45, 7) is 9.13. The topological polar surface area (TPSA) is 94.1 Å². The maximum atomic E-state index is 12.9. The number of benzene rings is 1. The van der Waals surface area contributed by atoms with E-state index in [0.717, 1.165) is 27.6 Å². The van der Waals surface area contributed by atoms with E-state index in [2.05, 4.69) is 26.8 Å². The summed E-state index contributed by atoms with van der Waals surface area (Å²) in [5, 5.41) is 3.53. The van der Waals surface area contributed by atoms with Gasteiger partial charge in [-0.3, -0.25) is 4.79 Å². The molecule has 1 aromatic carbocycles. The lowest BCUT2D eigenvalue weighted by Crippen LogP contribution is -2.24. The number of nitrogens with one attached hydrogen (secondary N) is 1. The molecule has 2 aromatic heterocycles. The fourth-order valence-corrected chi connectivity index (χ4v) is 4.70. The van der Waals surface area contributed by atoms with E-state index < -0.39 is 5.97 Å². The molecule has 2 heterocycles. The van der Waals surface area contributed by atoms with Gasteiger partial charge >= 0.3 is 5.97 Å². The number of ether oxygens (including phenoxy) is 1. The van der Waals surface area contributed by atoms with Crippen molar-refractivity contribution in [3.63, 3.8) is 0 Å². The second-order valence-corrected chi connectivity index (χ2v) is 9.05. The van der Waals surface area contributed by atoms with Gasteiger partial charge < -0.3 is 10.1 Å². The van der Waals surface area contributed by atoms with E-state index in [4.69, 9.17) is 4.74 Å². The van der Waals surface area contributed by atoms with Crippen molar-refractivity contribution in [2.24, 2.45) is 0 Å². The number of thioether (sulfide) groups is 1. The molecule has 9 heteroatoms. The first-order valence-electron chi connectivity index (χ1n) is 10.0. The Morgan fingerprint density at radius 1 is 1.22 bits per heavy atom. The molecule has 166 valence electrons. The minimum Gasteiger partial charge on any atom is -0.457 e. The molecule has 1 N–H and O–H groups in total. The Morgan fingerprint density at radius 3 is 2.66 bits per heavy atom. The first kappa shape index (κ1) is 23.6. The highest BCUT2D eigenvalue weighted by molar-refractivity contribution is 8.00. The largest absolute Gasteiger partial charge is 0.457 e. The van der Waals surface area contributed by atoms with Gasteiger partial charge in [0.05, 0.1) is 16.6 Å². The van der Waals surface area contributed by atoms with Crippen LogP contribution in [-0.4, -0.2) is 38.7 Å². The normalized spacial score (nSPS) is 11.6. The van der Waals surface area contributed by atoms with Gasteiger partial charge in [0.2, 0.25) is 5.91 Å². The number of nitrogens with zero attached hydrogens (tertiary/aromatic N) is 3. The van der Waals surface area contributed by atoms with E-state index in [1.165, 1.54) is 17.8 Å². The van der Waals surface area contributed by atoms with E-state index in [-0.39, 0.29) is 17.8 Å². The highest BCUT2D eigenvalue weighted by Crippen LogP contribution is 2.29. The molecule has 0 saturated carbocycles. The van der Waals surface area contributed by atoms with Crippen LogP contribution >= 0.6 is 23.1 Å². The lowest BCUT2D eigenvalue weighted by Gasteiger charge is -2.14. The highest BCUT2D eigenvalue weighted by atomic mass is 32.2. The molecule has 0 bridgehead atoms. The van der Waals surface area contributed by atoms with E-state index in [1.807, 2.05) is 50.2 Å². The third-order valence-electron chi connectivity index (χ3n) is 4.35. The number of aromatic nitrogens is 3. The van der Waals surface area contributed by atoms with Gasteiger partial charge in [0, 0.05) is 5.56 Å². The molecule has 0 aliphatic carbocycles. The smallest absolute Gasteiger partial charge is 0.350 e. The second-order valence-electron chi connectivity index (χ2n) is 6.83. The lowest BCUT2D eigenvalue weighted by atomic mass is 10.1. The van der Waals surface area contributed by atoms with Crippen LogP contribution in [-0.2, 0) is 9.53 Å². The zero-order valence-electron chi connectivity index (χ0n) is 18.1. The SMILES string of the molecule is C=CCOC(=O)c1sc(NC(=O)C(CC)Sc2cc(-c3ccccc3)nc(C)n2)nc1C. The van der Waals surface area contributed by atoms with Crippen molar-refractivity contribution in [3.05, 3.63) is 65.4 Å². The van der Waals surface area contributed by atoms with Crippen LogP contribution < -0.4 is 5.32 Å². The maximum absolute atomic E-state index is 12.9. The van der Waals surface area contributed by atoms with E-state index in [0.29, 0.717) is 27.9 Å². The Balaban J connectivity index is 1.73. The molecular weight excluding hydrogens is 444 g/mol. The van der Waals surface area contributed by atoms with E-state index in [9.17, 15) is 9.59 Å². The van der Waals surface area contributed by atoms with Crippen LogP contribution in [0.3, 0.4) is 0 Å². The van der Waals surface area contributed by atoms with Crippen molar-refractivity contribution in [2.75, 3.05) is 11.9 Å². The predicted molar refractivity (Wildman–Crippen MR) is 128 cm³/mol. The molecule has 0 aliphatic rings. The third-order valence-corrected chi connectivity index (χ3v) is 6.69. The number of hydrogen-bond acceptors (Lipinski definition) is 8. The number of esters is 1. The number of rotatable bonds is 9. The molecule has 3 aromatic rings. The highest BCUT2D eigenvalue weighted by Gasteiger charge is 2.23. The van der Waals surface area contributed by atoms with Crippen molar-refractivity contribution < 1.29 is 14.3 Å². The zero-order chi connectivity index (χ0) is 23.1. The van der Waals surface area contributed by atoms with Crippen LogP contribution in [0.1, 0.15) is 34.5 Å². The average Bonchev–Trinajstić information content (AvgIpc) is 3.15. The zero-order valence-corrected chi connectivity index (χ0v) is 19.8. The maximum Gasteiger partial charge on any atom is 0.350 e. The summed E-state index contributed by atoms with van der Waals surface area (Å²) in [6.07, 6.45) is 2.09. The molecule has 3 rings (SSSR count). The molecule has 7 nitrogen and oxygen atoms in total. The molecular formula is C23H24N4O3S2. The molecule has 1 atom stereocenters. The lowest BCUT2D eigenvalue weighted by molar-refractivity contribution is -0.115. The van der Waals surface area contributed by atoms with E-state index >= 15 is 0 Å². The number of amides is 1. The van der Waals surface area contributed by atoms with Crippen LogP contribution in [0, 0.1) is 13.8 Å². The molecule has 32 heavy (non-hydrogen) atoms. The van der Waals surface area contributed by atoms with Crippen LogP contribution in [0.15, 0.2) is 54.1 Å². The standard InChI is InChI=1S/C23H24N4O3S2/c1-5-12-30-22(29)20-14(3)24-23(32-20)27-21(28)18(6-2)31-19-13-17(25-15(4)26-19)16-10-8-7-9-11-16/h5,7-11,13,18H,1,6,12H2,2-4H3,(H,24,27,28). The number of aryl methyl sites for hydroxylation is 2. The van der Waals surface area contributed by atoms with Gasteiger partial charge in [-0.1, -0.05) is 73.0 Å². The molecule has 1 unspecified atom stereocenters. The monoisotopic (exact) mass is 468 g/mol. The number of anilines is 1. The average molecular weight is 469 g/mol. The summed E-state index contributed by atoms with van der Waals surface area (Å²) in [5.74, 6) is -0.0381. The summed E-state index contributed by atoms with van der Waals surface area (Å²) in [4.78, 5) is 38.7. The van der Waals surface area contributed by atoms with E-state index in [1.54, 1.807) is 6.92 Å². The van der Waals surface area contributed by atoms with Crippen LogP contribution in [0.5, 0.6) is 0 Å². The van der Waals surface area contributed by atoms with Gasteiger partial charge in [-0.05, 0) is 26.3 Å². The number of carbonyl (C=O) groups excluding carboxylic acids is 2. The van der Waals surface area contributed by atoms with Crippen LogP contribution in [0.25, 0.3) is 11.3 Å². The Labute approximate surface area is 195 Å². The first-order valence-corrected chi connectivity index (χ1v) is 11.7. The minimum absolute atomic E-state index is 0.121. The Bertz CT molecular complexity index is 1120. The van der Waals surface area contributed by atoms with Crippen molar-refractivity contribution >= 4 is 40.1 Å². The van der Waals surface area contributed by atoms with Gasteiger partial charge in [0.25, 0.3) is 0 Å². The van der Waals surface area contributed by atoms with Gasteiger partial charge in [-0.2, -0.15) is 0 Å². The van der Waals surface area contributed by atoms with Gasteiger partial charge in [-0.15, -0.1) is 0 Å². The fourth-order valence-electron chi connectivity index (χ4n) is 2.85. The molecule has 0 saturated heterocycles. The van der Waals surface area contributed by atoms with Crippen LogP contribution in [0.4, 0.5) is 5.13 Å². The van der Waals surface area contributed by atoms with Crippen molar-refractivity contribution in [3.8, 4) is 11.3 Å². The summed E-state index contributed by atoms with van der Waals surface area (Å²) in [5.41, 5.74) is 2.32. The number of carbonyl (C=O) groups is 2. The fraction of sp³-hybridized carbons (Fsp3) is 0.261. The van der Waals surface area contributed by atoms with Gasteiger partial charge in [-0.25, -0.2) is 19.7 Å². The number of thiazole rings is 1. The molecule has 0 aliphatic heterocycles. The summed E-state index contributed by atoms with van der Waals surface area (Å²) in [7, 11) is 0. The first-order chi connectivity index (χ1) is 15.4. The van der Waals surface area contributed by atoms with Crippen molar-refractivity contribution in [1.82, 2.24) is 15.0 Å². The van der Waals surface area contributed by atoms with Crippen molar-refractivity contribution in [1.29, 1.82) is 0 Å². The third kappa shape index (κ3) is 6.02. The summed E-state index contributed by atoms with van der Waals surface area (Å²) < 4.78 is 5.07. The molecule has 0 fully saturated rings. The Kier molecular flexibility index (Phi) is 8.13. The Hall–Kier alpha value is -3.04.